The third kappa shape index (κ3) is 3.29. The minimum atomic E-state index is -4.68. The Kier molecular flexibility index (Phi) is 4.13. The van der Waals surface area contributed by atoms with Crippen LogP contribution in [0, 0.1) is 0 Å². The van der Waals surface area contributed by atoms with Crippen LogP contribution in [-0.4, -0.2) is 15.0 Å². The summed E-state index contributed by atoms with van der Waals surface area (Å²) in [5, 5.41) is -0.500. The second-order valence-corrected chi connectivity index (χ2v) is 7.26. The molecule has 2 aromatic rings. The Hall–Kier alpha value is -1.93. The number of nitrogens with one attached hydrogen (secondary N) is 1. The molecule has 0 aromatic heterocycles. The summed E-state index contributed by atoms with van der Waals surface area (Å²) in [6, 6.07) is 7.15. The Balaban J connectivity index is 1.93. The predicted octanol–water partition coefficient (Wildman–Crippen LogP) is 4.09. The summed E-state index contributed by atoms with van der Waals surface area (Å²) in [5.41, 5.74) is -0.583. The first-order valence-electron chi connectivity index (χ1n) is 6.82. The predicted molar refractivity (Wildman–Crippen MR) is 82.9 cm³/mol. The Morgan fingerprint density at radius 1 is 1.12 bits per heavy atom. The molecule has 0 atom stereocenters. The molecular weight excluding hydrogens is 367 g/mol. The molecule has 0 radical (unpaired) electrons. The molecule has 0 fully saturated rings. The lowest BCUT2D eigenvalue weighted by Crippen LogP contribution is -2.14. The minimum absolute atomic E-state index is 0.0461. The average molecular weight is 378 g/mol. The molecule has 0 spiro atoms. The van der Waals surface area contributed by atoms with E-state index in [-0.39, 0.29) is 10.6 Å². The van der Waals surface area contributed by atoms with E-state index in [0.717, 1.165) is 11.6 Å². The van der Waals surface area contributed by atoms with Crippen molar-refractivity contribution in [2.45, 2.75) is 17.5 Å². The van der Waals surface area contributed by atoms with E-state index in [9.17, 15) is 21.6 Å². The highest BCUT2D eigenvalue weighted by Crippen LogP contribution is 2.36. The average Bonchev–Trinajstić information content (AvgIpc) is 2.95. The summed E-state index contributed by atoms with van der Waals surface area (Å²) < 4.78 is 70.8. The zero-order chi connectivity index (χ0) is 17.5. The molecule has 0 saturated heterocycles. The van der Waals surface area contributed by atoms with Gasteiger partial charge in [-0.25, -0.2) is 8.42 Å². The molecule has 1 heterocycles. The third-order valence-corrected chi connectivity index (χ3v) is 5.20. The molecule has 1 N–H and O–H groups in total. The van der Waals surface area contributed by atoms with E-state index in [0.29, 0.717) is 24.8 Å². The largest absolute Gasteiger partial charge is 0.493 e. The van der Waals surface area contributed by atoms with Crippen molar-refractivity contribution in [3.8, 4) is 5.75 Å². The Bertz CT molecular complexity index is 897. The zero-order valence-electron chi connectivity index (χ0n) is 12.0. The Labute approximate surface area is 141 Å². The van der Waals surface area contributed by atoms with Crippen LogP contribution in [0.2, 0.25) is 5.02 Å². The Morgan fingerprint density at radius 3 is 2.58 bits per heavy atom. The van der Waals surface area contributed by atoms with Crippen molar-refractivity contribution >= 4 is 27.3 Å². The fourth-order valence-corrected chi connectivity index (χ4v) is 3.67. The van der Waals surface area contributed by atoms with Crippen LogP contribution < -0.4 is 9.46 Å². The SMILES string of the molecule is O=S(=O)(Nc1ccc(Cl)c(C(F)(F)F)c1)c1ccc2c(c1)CCO2. The van der Waals surface area contributed by atoms with Crippen LogP contribution in [0.4, 0.5) is 18.9 Å². The van der Waals surface area contributed by atoms with Gasteiger partial charge >= 0.3 is 6.18 Å². The van der Waals surface area contributed by atoms with Crippen molar-refractivity contribution in [3.05, 3.63) is 52.5 Å². The van der Waals surface area contributed by atoms with Crippen LogP contribution in [0.15, 0.2) is 41.3 Å². The van der Waals surface area contributed by atoms with Gasteiger partial charge in [0.25, 0.3) is 10.0 Å². The highest BCUT2D eigenvalue weighted by Gasteiger charge is 2.33. The van der Waals surface area contributed by atoms with Gasteiger partial charge in [-0.3, -0.25) is 4.72 Å². The van der Waals surface area contributed by atoms with E-state index in [4.69, 9.17) is 16.3 Å². The van der Waals surface area contributed by atoms with E-state index < -0.39 is 26.8 Å². The monoisotopic (exact) mass is 377 g/mol. The van der Waals surface area contributed by atoms with Crippen LogP contribution in [-0.2, 0) is 22.6 Å². The lowest BCUT2D eigenvalue weighted by atomic mass is 10.2. The molecule has 24 heavy (non-hydrogen) atoms. The maximum absolute atomic E-state index is 12.9. The zero-order valence-corrected chi connectivity index (χ0v) is 13.6. The second kappa shape index (κ2) is 5.86. The summed E-state index contributed by atoms with van der Waals surface area (Å²) >= 11 is 5.52. The summed E-state index contributed by atoms with van der Waals surface area (Å²) in [5.74, 6) is 0.611. The number of alkyl halides is 3. The molecule has 1 aliphatic rings. The lowest BCUT2D eigenvalue weighted by molar-refractivity contribution is -0.137. The van der Waals surface area contributed by atoms with Crippen LogP contribution >= 0.6 is 11.6 Å². The second-order valence-electron chi connectivity index (χ2n) is 5.17. The highest BCUT2D eigenvalue weighted by molar-refractivity contribution is 7.92. The van der Waals surface area contributed by atoms with Gasteiger partial charge in [0, 0.05) is 12.1 Å². The number of anilines is 1. The number of benzene rings is 2. The van der Waals surface area contributed by atoms with Gasteiger partial charge in [-0.15, -0.1) is 0 Å². The number of hydrogen-bond donors (Lipinski definition) is 1. The fraction of sp³-hybridized carbons (Fsp3) is 0.200. The summed E-state index contributed by atoms with van der Waals surface area (Å²) in [6.45, 7) is 0.471. The van der Waals surface area contributed by atoms with Crippen LogP contribution in [0.1, 0.15) is 11.1 Å². The molecule has 3 rings (SSSR count). The number of hydrogen-bond acceptors (Lipinski definition) is 3. The normalized spacial score (nSPS) is 14.2. The standard InChI is InChI=1S/C15H11ClF3NO3S/c16-13-3-1-10(8-12(13)15(17,18)19)20-24(21,22)11-2-4-14-9(7-11)5-6-23-14/h1-4,7-8,20H,5-6H2. The quantitative estimate of drug-likeness (QED) is 0.876. The van der Waals surface area contributed by atoms with Gasteiger partial charge < -0.3 is 4.74 Å². The summed E-state index contributed by atoms with van der Waals surface area (Å²) in [4.78, 5) is -0.0461. The minimum Gasteiger partial charge on any atom is -0.493 e. The number of halogens is 4. The van der Waals surface area contributed by atoms with Crippen LogP contribution in [0.3, 0.4) is 0 Å². The van der Waals surface area contributed by atoms with Crippen molar-refractivity contribution < 1.29 is 26.3 Å². The molecular formula is C15H11ClF3NO3S. The first kappa shape index (κ1) is 16.9. The maximum atomic E-state index is 12.9. The Morgan fingerprint density at radius 2 is 1.88 bits per heavy atom. The van der Waals surface area contributed by atoms with E-state index in [1.54, 1.807) is 0 Å². The fourth-order valence-electron chi connectivity index (χ4n) is 2.35. The molecule has 0 unspecified atom stereocenters. The topological polar surface area (TPSA) is 55.4 Å². The number of ether oxygens (including phenoxy) is 1. The van der Waals surface area contributed by atoms with E-state index in [2.05, 4.69) is 4.72 Å². The molecule has 0 bridgehead atoms. The molecule has 0 aliphatic carbocycles. The van der Waals surface area contributed by atoms with E-state index in [1.807, 2.05) is 0 Å². The van der Waals surface area contributed by atoms with Crippen molar-refractivity contribution in [2.75, 3.05) is 11.3 Å². The lowest BCUT2D eigenvalue weighted by Gasteiger charge is -2.13. The first-order valence-corrected chi connectivity index (χ1v) is 8.68. The van der Waals surface area contributed by atoms with Gasteiger partial charge in [-0.2, -0.15) is 13.2 Å². The summed E-state index contributed by atoms with van der Waals surface area (Å²) in [6.07, 6.45) is -4.10. The van der Waals surface area contributed by atoms with Gasteiger partial charge in [-0.05, 0) is 42.0 Å². The summed E-state index contributed by atoms with van der Waals surface area (Å²) in [7, 11) is -4.03. The molecule has 1 aliphatic heterocycles. The van der Waals surface area contributed by atoms with Gasteiger partial charge in [-0.1, -0.05) is 11.6 Å². The van der Waals surface area contributed by atoms with Gasteiger partial charge in [0.15, 0.2) is 0 Å². The molecule has 4 nitrogen and oxygen atoms in total. The number of rotatable bonds is 3. The first-order chi connectivity index (χ1) is 11.2. The van der Waals surface area contributed by atoms with Crippen molar-refractivity contribution in [1.82, 2.24) is 0 Å². The van der Waals surface area contributed by atoms with Gasteiger partial charge in [0.2, 0.25) is 0 Å². The van der Waals surface area contributed by atoms with Crippen molar-refractivity contribution in [1.29, 1.82) is 0 Å². The third-order valence-electron chi connectivity index (χ3n) is 3.50. The van der Waals surface area contributed by atoms with E-state index in [1.165, 1.54) is 24.3 Å². The molecule has 0 amide bonds. The smallest absolute Gasteiger partial charge is 0.417 e. The molecule has 2 aromatic carbocycles. The van der Waals surface area contributed by atoms with Crippen molar-refractivity contribution in [3.63, 3.8) is 0 Å². The van der Waals surface area contributed by atoms with Gasteiger partial charge in [0.05, 0.1) is 22.1 Å². The van der Waals surface area contributed by atoms with Gasteiger partial charge in [0.1, 0.15) is 5.75 Å². The number of sulfonamides is 1. The molecule has 9 heteroatoms. The van der Waals surface area contributed by atoms with Crippen LogP contribution in [0.25, 0.3) is 0 Å². The maximum Gasteiger partial charge on any atom is 0.417 e. The van der Waals surface area contributed by atoms with E-state index >= 15 is 0 Å². The molecule has 128 valence electrons. The van der Waals surface area contributed by atoms with Crippen LogP contribution in [0.5, 0.6) is 5.75 Å². The molecule has 0 saturated carbocycles. The van der Waals surface area contributed by atoms with Crippen molar-refractivity contribution in [2.24, 2.45) is 0 Å². The number of fused-ring (bicyclic) bond motifs is 1. The highest BCUT2D eigenvalue weighted by atomic mass is 35.5.